The Kier molecular flexibility index (Phi) is 11.3. The minimum atomic E-state index is -0.843. The molecule has 2 heterocycles. The summed E-state index contributed by atoms with van der Waals surface area (Å²) >= 11 is 0. The summed E-state index contributed by atoms with van der Waals surface area (Å²) in [5.41, 5.74) is 2.11. The van der Waals surface area contributed by atoms with Crippen LogP contribution < -0.4 is 14.2 Å². The van der Waals surface area contributed by atoms with Gasteiger partial charge in [0, 0.05) is 44.4 Å². The second-order valence-corrected chi connectivity index (χ2v) is 12.8. The first-order valence-electron chi connectivity index (χ1n) is 15.7. The number of carboxylic acids is 1. The van der Waals surface area contributed by atoms with Gasteiger partial charge in [0.2, 0.25) is 5.91 Å². The van der Waals surface area contributed by atoms with E-state index in [0.29, 0.717) is 44.2 Å². The van der Waals surface area contributed by atoms with Crippen molar-refractivity contribution in [3.05, 3.63) is 53.6 Å². The third-order valence-corrected chi connectivity index (χ3v) is 8.64. The zero-order valence-corrected chi connectivity index (χ0v) is 26.6. The third kappa shape index (κ3) is 8.63. The molecule has 0 aliphatic carbocycles. The van der Waals surface area contributed by atoms with Crippen LogP contribution in [0.5, 0.6) is 17.2 Å². The van der Waals surface area contributed by atoms with Crippen molar-refractivity contribution in [3.63, 3.8) is 0 Å². The van der Waals surface area contributed by atoms with Crippen LogP contribution in [0.3, 0.4) is 0 Å². The van der Waals surface area contributed by atoms with E-state index in [0.717, 1.165) is 60.1 Å². The fraction of sp³-hybridized carbons (Fsp3) is 0.588. The zero-order valence-electron chi connectivity index (χ0n) is 26.6. The van der Waals surface area contributed by atoms with E-state index in [9.17, 15) is 14.7 Å². The van der Waals surface area contributed by atoms with E-state index >= 15 is 0 Å². The van der Waals surface area contributed by atoms with Crippen LogP contribution in [-0.4, -0.2) is 111 Å². The summed E-state index contributed by atoms with van der Waals surface area (Å²) in [4.78, 5) is 30.8. The van der Waals surface area contributed by atoms with E-state index in [1.54, 1.807) is 7.11 Å². The fourth-order valence-corrected chi connectivity index (χ4v) is 6.37. The first kappa shape index (κ1) is 32.6. The highest BCUT2D eigenvalue weighted by Crippen LogP contribution is 2.41. The largest absolute Gasteiger partial charge is 0.493 e. The van der Waals surface area contributed by atoms with E-state index in [1.165, 1.54) is 0 Å². The highest BCUT2D eigenvalue weighted by molar-refractivity contribution is 5.79. The van der Waals surface area contributed by atoms with Crippen LogP contribution in [-0.2, 0) is 16.0 Å². The maximum absolute atomic E-state index is 13.8. The molecule has 9 nitrogen and oxygen atoms in total. The van der Waals surface area contributed by atoms with Gasteiger partial charge in [0.1, 0.15) is 5.75 Å². The minimum Gasteiger partial charge on any atom is -0.493 e. The second-order valence-electron chi connectivity index (χ2n) is 12.8. The van der Waals surface area contributed by atoms with Crippen LogP contribution in [0, 0.1) is 5.92 Å². The lowest BCUT2D eigenvalue weighted by Gasteiger charge is -2.30. The number of hydrogen-bond donors (Lipinski definition) is 1. The number of quaternary nitrogens is 1. The second kappa shape index (κ2) is 14.9. The van der Waals surface area contributed by atoms with Gasteiger partial charge in [0.05, 0.1) is 60.5 Å². The number of ether oxygens (including phenoxy) is 3. The van der Waals surface area contributed by atoms with Crippen LogP contribution in [0.1, 0.15) is 49.7 Å². The Morgan fingerprint density at radius 3 is 2.53 bits per heavy atom. The van der Waals surface area contributed by atoms with Gasteiger partial charge in [-0.2, -0.15) is 0 Å². The molecule has 3 unspecified atom stereocenters. The van der Waals surface area contributed by atoms with E-state index in [2.05, 4.69) is 39.0 Å². The number of nitrogens with zero attached hydrogens (tertiary/aromatic N) is 3. The van der Waals surface area contributed by atoms with Gasteiger partial charge in [0.15, 0.2) is 11.5 Å². The van der Waals surface area contributed by atoms with Gasteiger partial charge < -0.3 is 28.7 Å². The molecular formula is C34H50N3O6+. The summed E-state index contributed by atoms with van der Waals surface area (Å²) in [6.07, 6.45) is 4.18. The molecule has 4 rings (SSSR count). The number of hydrogen-bond acceptors (Lipinski definition) is 6. The molecule has 1 amide bonds. The number of methoxy groups -OCH3 is 1. The van der Waals surface area contributed by atoms with E-state index in [4.69, 9.17) is 14.2 Å². The predicted molar refractivity (Wildman–Crippen MR) is 167 cm³/mol. The standard InChI is InChI=1S/C34H49N3O6/c1-6-7-17-35(18-10-19-37(2,3)4)32(38)24-36-23-27(25-13-14-29-26(22-25)15-20-42-29)33(34(39)40)28(36)16-21-43-31-12-9-8-11-30(31)41-5/h8-9,11-14,22,27-28,33H,6-7,10,15-21,23-24H2,1-5H3/p+1. The number of likely N-dealkylation sites (tertiary alicyclic amines) is 1. The summed E-state index contributed by atoms with van der Waals surface area (Å²) in [5, 5.41) is 10.6. The highest BCUT2D eigenvalue weighted by atomic mass is 16.5. The lowest BCUT2D eigenvalue weighted by molar-refractivity contribution is -0.870. The normalized spacial score (nSPS) is 20.0. The van der Waals surface area contributed by atoms with Crippen LogP contribution in [0.15, 0.2) is 42.5 Å². The first-order valence-corrected chi connectivity index (χ1v) is 15.7. The van der Waals surface area contributed by atoms with Gasteiger partial charge in [-0.25, -0.2) is 0 Å². The number of rotatable bonds is 16. The Bertz CT molecular complexity index is 1230. The number of unbranched alkanes of at least 4 members (excludes halogenated alkanes) is 1. The Labute approximate surface area is 256 Å². The van der Waals surface area contributed by atoms with Gasteiger partial charge in [-0.05, 0) is 42.2 Å². The number of carbonyl (C=O) groups excluding carboxylic acids is 1. The van der Waals surface area contributed by atoms with Crippen molar-refractivity contribution in [2.75, 3.05) is 74.2 Å². The molecule has 0 spiro atoms. The summed E-state index contributed by atoms with van der Waals surface area (Å²) in [6.45, 7) is 6.21. The number of amides is 1. The molecule has 0 aromatic heterocycles. The molecule has 0 radical (unpaired) electrons. The maximum atomic E-state index is 13.8. The molecule has 1 saturated heterocycles. The van der Waals surface area contributed by atoms with Crippen LogP contribution in [0.2, 0.25) is 0 Å². The van der Waals surface area contributed by atoms with E-state index in [-0.39, 0.29) is 24.4 Å². The summed E-state index contributed by atoms with van der Waals surface area (Å²) in [7, 11) is 8.09. The first-order chi connectivity index (χ1) is 20.6. The van der Waals surface area contributed by atoms with Gasteiger partial charge >= 0.3 is 5.97 Å². The molecule has 0 bridgehead atoms. The smallest absolute Gasteiger partial charge is 0.308 e. The molecular weight excluding hydrogens is 546 g/mol. The molecule has 3 atom stereocenters. The lowest BCUT2D eigenvalue weighted by Crippen LogP contribution is -2.46. The molecule has 2 aliphatic rings. The predicted octanol–water partition coefficient (Wildman–Crippen LogP) is 4.29. The average molecular weight is 597 g/mol. The Balaban J connectivity index is 1.55. The number of carbonyl (C=O) groups is 2. The van der Waals surface area contributed by atoms with Crippen molar-refractivity contribution < 1.29 is 33.4 Å². The van der Waals surface area contributed by atoms with E-state index in [1.807, 2.05) is 41.3 Å². The summed E-state index contributed by atoms with van der Waals surface area (Å²) in [6, 6.07) is 13.2. The quantitative estimate of drug-likeness (QED) is 0.289. The summed E-state index contributed by atoms with van der Waals surface area (Å²) < 4.78 is 18.1. The van der Waals surface area contributed by atoms with Crippen molar-refractivity contribution >= 4 is 11.9 Å². The van der Waals surface area contributed by atoms with Crippen molar-refractivity contribution in [2.45, 2.75) is 51.0 Å². The molecule has 1 N–H and O–H groups in total. The molecule has 9 heteroatoms. The molecule has 2 aromatic carbocycles. The van der Waals surface area contributed by atoms with E-state index < -0.39 is 11.9 Å². The number of aliphatic carboxylic acids is 1. The Morgan fingerprint density at radius 1 is 1.09 bits per heavy atom. The number of benzene rings is 2. The number of carboxylic acid groups (broad SMARTS) is 1. The fourth-order valence-electron chi connectivity index (χ4n) is 6.37. The minimum absolute atomic E-state index is 0.0673. The third-order valence-electron chi connectivity index (χ3n) is 8.64. The van der Waals surface area contributed by atoms with Crippen molar-refractivity contribution in [1.29, 1.82) is 0 Å². The monoisotopic (exact) mass is 596 g/mol. The number of para-hydroxylation sites is 2. The maximum Gasteiger partial charge on any atom is 0.308 e. The van der Waals surface area contributed by atoms with Crippen LogP contribution in [0.25, 0.3) is 0 Å². The average Bonchev–Trinajstić information content (AvgIpc) is 3.58. The van der Waals surface area contributed by atoms with Gasteiger partial charge in [-0.3, -0.25) is 14.5 Å². The van der Waals surface area contributed by atoms with Crippen LogP contribution in [0.4, 0.5) is 0 Å². The zero-order chi connectivity index (χ0) is 31.0. The van der Waals surface area contributed by atoms with Crippen molar-refractivity contribution in [1.82, 2.24) is 9.80 Å². The molecule has 2 aromatic rings. The number of fused-ring (bicyclic) bond motifs is 1. The van der Waals surface area contributed by atoms with Gasteiger partial charge in [-0.1, -0.05) is 37.6 Å². The van der Waals surface area contributed by atoms with Crippen molar-refractivity contribution in [2.24, 2.45) is 5.92 Å². The molecule has 1 fully saturated rings. The van der Waals surface area contributed by atoms with Crippen molar-refractivity contribution in [3.8, 4) is 17.2 Å². The summed E-state index contributed by atoms with van der Waals surface area (Å²) in [5.74, 6) is 0.446. The lowest BCUT2D eigenvalue weighted by atomic mass is 9.83. The molecule has 43 heavy (non-hydrogen) atoms. The molecule has 0 saturated carbocycles. The molecule has 2 aliphatic heterocycles. The molecule has 236 valence electrons. The van der Waals surface area contributed by atoms with Gasteiger partial charge in [0.25, 0.3) is 0 Å². The highest BCUT2D eigenvalue weighted by Gasteiger charge is 2.47. The van der Waals surface area contributed by atoms with Gasteiger partial charge in [-0.15, -0.1) is 0 Å². The Morgan fingerprint density at radius 2 is 1.84 bits per heavy atom. The topological polar surface area (TPSA) is 88.5 Å². The van der Waals surface area contributed by atoms with Crippen LogP contribution >= 0.6 is 0 Å². The Hall–Kier alpha value is -3.30. The SMILES string of the molecule is CCCCN(CCC[N+](C)(C)C)C(=O)CN1CC(c2ccc3c(c2)CCO3)C(C(=O)O)C1CCOc1ccccc1OC.